The number of hydrogen-bond acceptors (Lipinski definition) is 5. The third-order valence-corrected chi connectivity index (χ3v) is 2.07. The van der Waals surface area contributed by atoms with Gasteiger partial charge in [0.25, 0.3) is 5.78 Å². The summed E-state index contributed by atoms with van der Waals surface area (Å²) in [5, 5.41) is 0. The van der Waals surface area contributed by atoms with Crippen LogP contribution in [0.15, 0.2) is 29.0 Å². The first-order valence-electron chi connectivity index (χ1n) is 4.77. The summed E-state index contributed by atoms with van der Waals surface area (Å²) in [5.41, 5.74) is 1.04. The molecule has 2 aromatic rings. The van der Waals surface area contributed by atoms with E-state index in [4.69, 9.17) is 4.42 Å². The maximum absolute atomic E-state index is 11.7. The molecule has 0 aliphatic heterocycles. The molecule has 0 amide bonds. The third kappa shape index (κ3) is 1.67. The number of ketones is 1. The van der Waals surface area contributed by atoms with Crippen LogP contribution in [0.3, 0.4) is 0 Å². The van der Waals surface area contributed by atoms with Gasteiger partial charge in [-0.1, -0.05) is 6.07 Å². The molecule has 1 aromatic carbocycles. The van der Waals surface area contributed by atoms with E-state index in [-0.39, 0.29) is 12.2 Å². The minimum atomic E-state index is -0.877. The highest BCUT2D eigenvalue weighted by molar-refractivity contribution is 6.42. The van der Waals surface area contributed by atoms with Crippen LogP contribution in [0.2, 0.25) is 0 Å². The summed E-state index contributed by atoms with van der Waals surface area (Å²) in [6.45, 7) is 1.81. The van der Waals surface area contributed by atoms with E-state index in [1.807, 2.05) is 0 Å². The second kappa shape index (κ2) is 4.14. The molecule has 0 spiro atoms. The van der Waals surface area contributed by atoms with Gasteiger partial charge in [0.1, 0.15) is 5.52 Å². The van der Waals surface area contributed by atoms with Crippen LogP contribution < -0.4 is 0 Å². The number of esters is 1. The second-order valence-corrected chi connectivity index (χ2v) is 3.05. The van der Waals surface area contributed by atoms with Crippen LogP contribution in [0.4, 0.5) is 0 Å². The minimum absolute atomic E-state index is 0.166. The van der Waals surface area contributed by atoms with E-state index in [0.29, 0.717) is 11.1 Å². The van der Waals surface area contributed by atoms with Crippen LogP contribution in [0.25, 0.3) is 11.1 Å². The minimum Gasteiger partial charge on any atom is -0.460 e. The Labute approximate surface area is 91.0 Å². The highest BCUT2D eigenvalue weighted by Gasteiger charge is 2.21. The van der Waals surface area contributed by atoms with Gasteiger partial charge in [0.05, 0.1) is 12.2 Å². The number of benzene rings is 1. The van der Waals surface area contributed by atoms with Crippen molar-refractivity contribution in [2.24, 2.45) is 0 Å². The number of hydrogen-bond donors (Lipinski definition) is 0. The molecule has 5 nitrogen and oxygen atoms in total. The number of oxazole rings is 1. The Morgan fingerprint density at radius 3 is 3.00 bits per heavy atom. The Bertz CT molecular complexity index is 544. The molecule has 0 aliphatic rings. The van der Waals surface area contributed by atoms with Crippen molar-refractivity contribution in [3.05, 3.63) is 30.2 Å². The van der Waals surface area contributed by atoms with Gasteiger partial charge in [0.15, 0.2) is 12.0 Å². The molecule has 0 aliphatic carbocycles. The van der Waals surface area contributed by atoms with Gasteiger partial charge in [-0.2, -0.15) is 0 Å². The Hall–Kier alpha value is -2.17. The summed E-state index contributed by atoms with van der Waals surface area (Å²) in [4.78, 5) is 26.9. The van der Waals surface area contributed by atoms with Crippen molar-refractivity contribution in [1.82, 2.24) is 4.98 Å². The molecule has 0 N–H and O–H groups in total. The van der Waals surface area contributed by atoms with Gasteiger partial charge in [0.2, 0.25) is 0 Å². The summed E-state index contributed by atoms with van der Waals surface area (Å²) in [6.07, 6.45) is 1.23. The Kier molecular flexibility index (Phi) is 2.68. The number of nitrogens with zero attached hydrogens (tertiary/aromatic N) is 1. The average Bonchev–Trinajstić information content (AvgIpc) is 2.76. The molecule has 1 aromatic heterocycles. The molecular formula is C11H9NO4. The number of ether oxygens (including phenoxy) is 1. The predicted octanol–water partition coefficient (Wildman–Crippen LogP) is 1.57. The lowest BCUT2D eigenvalue weighted by Crippen LogP contribution is -2.17. The number of fused-ring (bicyclic) bond motifs is 1. The number of carbonyl (C=O) groups excluding carboxylic acids is 2. The molecule has 0 saturated heterocycles. The Balaban J connectivity index is 2.43. The van der Waals surface area contributed by atoms with Crippen molar-refractivity contribution in [2.75, 3.05) is 6.61 Å². The van der Waals surface area contributed by atoms with Crippen LogP contribution in [0, 0.1) is 0 Å². The largest absolute Gasteiger partial charge is 0.460 e. The van der Waals surface area contributed by atoms with Crippen LogP contribution in [0.5, 0.6) is 0 Å². The van der Waals surface area contributed by atoms with Gasteiger partial charge < -0.3 is 9.15 Å². The van der Waals surface area contributed by atoms with Gasteiger partial charge >= 0.3 is 5.97 Å². The monoisotopic (exact) mass is 219 g/mol. The summed E-state index contributed by atoms with van der Waals surface area (Å²) >= 11 is 0. The first-order chi connectivity index (χ1) is 7.74. The molecule has 0 bridgehead atoms. The fourth-order valence-corrected chi connectivity index (χ4v) is 1.38. The maximum Gasteiger partial charge on any atom is 0.379 e. The number of rotatable bonds is 3. The predicted molar refractivity (Wildman–Crippen MR) is 55.0 cm³/mol. The smallest absolute Gasteiger partial charge is 0.379 e. The quantitative estimate of drug-likeness (QED) is 0.445. The van der Waals surface area contributed by atoms with Crippen LogP contribution in [0.1, 0.15) is 17.3 Å². The zero-order chi connectivity index (χ0) is 11.5. The molecule has 82 valence electrons. The van der Waals surface area contributed by atoms with Gasteiger partial charge in [-0.25, -0.2) is 9.78 Å². The number of aromatic nitrogens is 1. The lowest BCUT2D eigenvalue weighted by atomic mass is 10.1. The molecule has 0 saturated carbocycles. The molecular weight excluding hydrogens is 210 g/mol. The van der Waals surface area contributed by atoms with E-state index in [0.717, 1.165) is 0 Å². The van der Waals surface area contributed by atoms with Crippen molar-refractivity contribution in [3.8, 4) is 0 Å². The number of para-hydroxylation sites is 1. The summed E-state index contributed by atoms with van der Waals surface area (Å²) in [5.74, 6) is -1.58. The van der Waals surface area contributed by atoms with E-state index < -0.39 is 11.8 Å². The zero-order valence-corrected chi connectivity index (χ0v) is 8.60. The van der Waals surface area contributed by atoms with Crippen molar-refractivity contribution >= 4 is 22.9 Å². The third-order valence-electron chi connectivity index (χ3n) is 2.07. The van der Waals surface area contributed by atoms with Crippen molar-refractivity contribution in [2.45, 2.75) is 6.92 Å². The van der Waals surface area contributed by atoms with Gasteiger partial charge in [-0.15, -0.1) is 0 Å². The van der Waals surface area contributed by atoms with Gasteiger partial charge in [0, 0.05) is 0 Å². The summed E-state index contributed by atoms with van der Waals surface area (Å²) in [6, 6.07) is 4.81. The standard InChI is InChI=1S/C11H9NO4/c1-2-15-11(14)10(13)7-4-3-5-8-9(7)12-6-16-8/h3-6H,2H2,1H3. The van der Waals surface area contributed by atoms with Crippen LogP contribution in [-0.4, -0.2) is 23.3 Å². The molecule has 0 unspecified atom stereocenters. The highest BCUT2D eigenvalue weighted by atomic mass is 16.5. The van der Waals surface area contributed by atoms with E-state index in [2.05, 4.69) is 9.72 Å². The summed E-state index contributed by atoms with van der Waals surface area (Å²) in [7, 11) is 0. The fourth-order valence-electron chi connectivity index (χ4n) is 1.38. The SMILES string of the molecule is CCOC(=O)C(=O)c1cccc2ocnc12. The Morgan fingerprint density at radius 2 is 2.25 bits per heavy atom. The van der Waals surface area contributed by atoms with Gasteiger partial charge in [-0.05, 0) is 19.1 Å². The van der Waals surface area contributed by atoms with Gasteiger partial charge in [-0.3, -0.25) is 4.79 Å². The van der Waals surface area contributed by atoms with E-state index in [9.17, 15) is 9.59 Å². The molecule has 5 heteroatoms. The van der Waals surface area contributed by atoms with E-state index >= 15 is 0 Å². The van der Waals surface area contributed by atoms with Crippen LogP contribution >= 0.6 is 0 Å². The average molecular weight is 219 g/mol. The first-order valence-corrected chi connectivity index (χ1v) is 4.77. The lowest BCUT2D eigenvalue weighted by molar-refractivity contribution is -0.137. The second-order valence-electron chi connectivity index (χ2n) is 3.05. The topological polar surface area (TPSA) is 69.4 Å². The summed E-state index contributed by atoms with van der Waals surface area (Å²) < 4.78 is 9.67. The molecule has 1 heterocycles. The maximum atomic E-state index is 11.7. The first kappa shape index (κ1) is 10.4. The molecule has 0 atom stereocenters. The molecule has 0 radical (unpaired) electrons. The number of Topliss-reactive ketones (excluding diaryl/α,β-unsaturated/α-hetero) is 1. The molecule has 0 fully saturated rings. The van der Waals surface area contributed by atoms with E-state index in [1.165, 1.54) is 12.5 Å². The normalized spacial score (nSPS) is 10.3. The Morgan fingerprint density at radius 1 is 1.44 bits per heavy atom. The molecule has 2 rings (SSSR count). The van der Waals surface area contributed by atoms with Crippen molar-refractivity contribution < 1.29 is 18.7 Å². The van der Waals surface area contributed by atoms with Crippen molar-refractivity contribution in [3.63, 3.8) is 0 Å². The lowest BCUT2D eigenvalue weighted by Gasteiger charge is -2.00. The number of carbonyl (C=O) groups is 2. The zero-order valence-electron chi connectivity index (χ0n) is 8.60. The van der Waals surface area contributed by atoms with Crippen molar-refractivity contribution in [1.29, 1.82) is 0 Å². The van der Waals surface area contributed by atoms with Crippen LogP contribution in [-0.2, 0) is 9.53 Å². The fraction of sp³-hybridized carbons (Fsp3) is 0.182. The molecule has 16 heavy (non-hydrogen) atoms. The van der Waals surface area contributed by atoms with E-state index in [1.54, 1.807) is 19.1 Å². The highest BCUT2D eigenvalue weighted by Crippen LogP contribution is 2.17.